The van der Waals surface area contributed by atoms with Gasteiger partial charge >= 0.3 is 0 Å². The average Bonchev–Trinajstić information content (AvgIpc) is 1.86. The van der Waals surface area contributed by atoms with Crippen LogP contribution >= 0.6 is 0 Å². The smallest absolute Gasteiger partial charge is 0.208 e. The molecule has 0 saturated carbocycles. The van der Waals surface area contributed by atoms with Crippen molar-refractivity contribution in [3.8, 4) is 0 Å². The van der Waals surface area contributed by atoms with Gasteiger partial charge in [-0.3, -0.25) is 0 Å². The highest BCUT2D eigenvalue weighted by Crippen LogP contribution is 2.18. The van der Waals surface area contributed by atoms with Gasteiger partial charge in [0.05, 0.1) is 6.26 Å². The van der Waals surface area contributed by atoms with Crippen LogP contribution in [0.1, 0.15) is 41.5 Å². The van der Waals surface area contributed by atoms with Gasteiger partial charge in [0.1, 0.15) is 0 Å². The Morgan fingerprint density at radius 3 is 1.54 bits per heavy atom. The molecule has 0 spiro atoms. The van der Waals surface area contributed by atoms with E-state index in [0.717, 1.165) is 0 Å². The number of nitrogens with one attached hydrogen (secondary N) is 1. The normalized spacial score (nSPS) is 14.4. The van der Waals surface area contributed by atoms with Crippen LogP contribution in [-0.2, 0) is 10.0 Å². The molecule has 0 amide bonds. The highest BCUT2D eigenvalue weighted by molar-refractivity contribution is 7.88. The predicted octanol–water partition coefficient (Wildman–Crippen LogP) is 2.00. The summed E-state index contributed by atoms with van der Waals surface area (Å²) in [7, 11) is -3.06. The van der Waals surface area contributed by atoms with Crippen LogP contribution in [0, 0.1) is 5.41 Å². The lowest BCUT2D eigenvalue weighted by Gasteiger charge is -2.26. The van der Waals surface area contributed by atoms with E-state index in [2.05, 4.69) is 4.72 Å². The Hall–Kier alpha value is -0.0900. The molecule has 13 heavy (non-hydrogen) atoms. The molecule has 0 heterocycles. The fraction of sp³-hybridized carbons (Fsp3) is 1.00. The summed E-state index contributed by atoms with van der Waals surface area (Å²) in [6, 6.07) is -0.0301. The van der Waals surface area contributed by atoms with Crippen molar-refractivity contribution >= 4 is 10.0 Å². The third kappa shape index (κ3) is 9.83. The van der Waals surface area contributed by atoms with Gasteiger partial charge < -0.3 is 0 Å². The Bertz CT molecular complexity index is 214. The van der Waals surface area contributed by atoms with Crippen LogP contribution in [-0.4, -0.2) is 20.7 Å². The van der Waals surface area contributed by atoms with E-state index in [-0.39, 0.29) is 11.5 Å². The third-order valence-corrected chi connectivity index (χ3v) is 2.47. The molecule has 0 aliphatic rings. The molecule has 82 valence electrons. The molecule has 0 bridgehead atoms. The van der Waals surface area contributed by atoms with E-state index < -0.39 is 10.0 Å². The molecule has 1 N–H and O–H groups in total. The fourth-order valence-electron chi connectivity index (χ4n) is 0.498. The minimum absolute atomic E-state index is 0.0247. The summed E-state index contributed by atoms with van der Waals surface area (Å²) in [6.45, 7) is 11.8. The summed E-state index contributed by atoms with van der Waals surface area (Å²) in [5.41, 5.74) is -0.0247. The molecule has 0 rings (SSSR count). The minimum atomic E-state index is -3.06. The van der Waals surface area contributed by atoms with E-state index in [1.807, 2.05) is 41.5 Å². The van der Waals surface area contributed by atoms with Crippen molar-refractivity contribution in [2.75, 3.05) is 6.26 Å². The van der Waals surface area contributed by atoms with Gasteiger partial charge in [-0.15, -0.1) is 0 Å². The average molecular weight is 209 g/mol. The maximum atomic E-state index is 10.8. The van der Waals surface area contributed by atoms with Crippen LogP contribution in [0.5, 0.6) is 0 Å². The summed E-state index contributed by atoms with van der Waals surface area (Å²) < 4.78 is 24.1. The maximum absolute atomic E-state index is 10.8. The standard InChI is InChI=1S/C7H17NO2S.C2H6/c1-6(7(2,3)4)8-11(5,9)10;1-2/h6,8H,1-5H3;1-2H3. The number of hydrogen-bond acceptors (Lipinski definition) is 2. The first kappa shape index (κ1) is 15.4. The van der Waals surface area contributed by atoms with Gasteiger partial charge in [0, 0.05) is 6.04 Å². The lowest BCUT2D eigenvalue weighted by molar-refractivity contribution is 0.318. The highest BCUT2D eigenvalue weighted by atomic mass is 32.2. The maximum Gasteiger partial charge on any atom is 0.208 e. The third-order valence-electron chi connectivity index (χ3n) is 1.69. The molecule has 1 unspecified atom stereocenters. The Labute approximate surface area is 83.0 Å². The number of hydrogen-bond donors (Lipinski definition) is 1. The summed E-state index contributed by atoms with van der Waals surface area (Å²) >= 11 is 0. The second-order valence-electron chi connectivity index (χ2n) is 3.98. The molecule has 0 aromatic heterocycles. The van der Waals surface area contributed by atoms with Gasteiger partial charge in [0.2, 0.25) is 10.0 Å². The Morgan fingerprint density at radius 2 is 1.46 bits per heavy atom. The van der Waals surface area contributed by atoms with E-state index in [4.69, 9.17) is 0 Å². The summed E-state index contributed by atoms with van der Waals surface area (Å²) in [5, 5.41) is 0. The van der Waals surface area contributed by atoms with Crippen LogP contribution in [0.15, 0.2) is 0 Å². The van der Waals surface area contributed by atoms with Crippen molar-refractivity contribution in [3.05, 3.63) is 0 Å². The van der Waals surface area contributed by atoms with Gasteiger partial charge in [-0.05, 0) is 12.3 Å². The summed E-state index contributed by atoms with van der Waals surface area (Å²) in [6.07, 6.45) is 1.18. The molecule has 1 atom stereocenters. The molecule has 4 heteroatoms. The van der Waals surface area contributed by atoms with E-state index in [0.29, 0.717) is 0 Å². The first-order valence-electron chi connectivity index (χ1n) is 4.60. The zero-order chi connectivity index (χ0) is 11.3. The van der Waals surface area contributed by atoms with E-state index in [9.17, 15) is 8.42 Å². The summed E-state index contributed by atoms with van der Waals surface area (Å²) in [4.78, 5) is 0. The fourth-order valence-corrected chi connectivity index (χ4v) is 1.49. The van der Waals surface area contributed by atoms with Crippen molar-refractivity contribution in [2.24, 2.45) is 5.41 Å². The second-order valence-corrected chi connectivity index (χ2v) is 5.76. The van der Waals surface area contributed by atoms with Crippen LogP contribution in [0.3, 0.4) is 0 Å². The zero-order valence-corrected chi connectivity index (χ0v) is 10.6. The largest absolute Gasteiger partial charge is 0.213 e. The van der Waals surface area contributed by atoms with Crippen molar-refractivity contribution in [3.63, 3.8) is 0 Å². The number of sulfonamides is 1. The quantitative estimate of drug-likeness (QED) is 0.756. The number of rotatable bonds is 2. The van der Waals surface area contributed by atoms with Gasteiger partial charge in [-0.1, -0.05) is 34.6 Å². The SMILES string of the molecule is CC.CC(NS(C)(=O)=O)C(C)(C)C. The Balaban J connectivity index is 0. The molecule has 0 aromatic carbocycles. The lowest BCUT2D eigenvalue weighted by atomic mass is 9.89. The molecule has 0 saturated heterocycles. The van der Waals surface area contributed by atoms with Gasteiger partial charge in [-0.2, -0.15) is 0 Å². The first-order chi connectivity index (χ1) is 5.63. The molecule has 0 aliphatic heterocycles. The molecular weight excluding hydrogens is 186 g/mol. The van der Waals surface area contributed by atoms with Gasteiger partial charge in [-0.25, -0.2) is 13.1 Å². The van der Waals surface area contributed by atoms with Gasteiger partial charge in [0.15, 0.2) is 0 Å². The first-order valence-corrected chi connectivity index (χ1v) is 6.49. The van der Waals surface area contributed by atoms with Gasteiger partial charge in [0.25, 0.3) is 0 Å². The second kappa shape index (κ2) is 5.60. The van der Waals surface area contributed by atoms with E-state index in [1.165, 1.54) is 6.26 Å². The molecule has 0 radical (unpaired) electrons. The zero-order valence-electron chi connectivity index (χ0n) is 9.80. The molecule has 0 aromatic rings. The van der Waals surface area contributed by atoms with Crippen LogP contribution in [0.25, 0.3) is 0 Å². The Morgan fingerprint density at radius 1 is 1.15 bits per heavy atom. The van der Waals surface area contributed by atoms with Crippen molar-refractivity contribution < 1.29 is 8.42 Å². The van der Waals surface area contributed by atoms with Crippen molar-refractivity contribution in [2.45, 2.75) is 47.6 Å². The lowest BCUT2D eigenvalue weighted by Crippen LogP contribution is -2.40. The van der Waals surface area contributed by atoms with E-state index >= 15 is 0 Å². The van der Waals surface area contributed by atoms with Crippen LogP contribution < -0.4 is 4.72 Å². The van der Waals surface area contributed by atoms with Crippen molar-refractivity contribution in [1.29, 1.82) is 0 Å². The predicted molar refractivity (Wildman–Crippen MR) is 58.2 cm³/mol. The molecule has 0 fully saturated rings. The van der Waals surface area contributed by atoms with Crippen molar-refractivity contribution in [1.82, 2.24) is 4.72 Å². The molecule has 0 aliphatic carbocycles. The Kier molecular flexibility index (Phi) is 6.63. The minimum Gasteiger partial charge on any atom is -0.213 e. The van der Waals surface area contributed by atoms with Crippen LogP contribution in [0.4, 0.5) is 0 Å². The summed E-state index contributed by atoms with van der Waals surface area (Å²) in [5.74, 6) is 0. The monoisotopic (exact) mass is 209 g/mol. The highest BCUT2D eigenvalue weighted by Gasteiger charge is 2.22. The molecule has 3 nitrogen and oxygen atoms in total. The molecular formula is C9H23NO2S. The topological polar surface area (TPSA) is 46.2 Å². The van der Waals surface area contributed by atoms with E-state index in [1.54, 1.807) is 0 Å². The van der Waals surface area contributed by atoms with Crippen LogP contribution in [0.2, 0.25) is 0 Å².